The van der Waals surface area contributed by atoms with Crippen molar-refractivity contribution >= 4 is 28.4 Å². The first-order valence-electron chi connectivity index (χ1n) is 7.97. The molecule has 2 aromatic heterocycles. The Balaban J connectivity index is 1.34. The Hall–Kier alpha value is -1.95. The summed E-state index contributed by atoms with van der Waals surface area (Å²) in [5.74, 6) is 1.27. The molecular formula is C17H20N4OS. The van der Waals surface area contributed by atoms with Gasteiger partial charge in [0.2, 0.25) is 5.91 Å². The lowest BCUT2D eigenvalue weighted by molar-refractivity contribution is -0.120. The van der Waals surface area contributed by atoms with E-state index in [0.717, 1.165) is 23.0 Å². The molecule has 1 fully saturated rings. The second kappa shape index (κ2) is 5.30. The van der Waals surface area contributed by atoms with Crippen LogP contribution in [0, 0.1) is 17.3 Å². The molecular weight excluding hydrogens is 308 g/mol. The molecule has 1 N–H and O–H groups in total. The average molecular weight is 328 g/mol. The summed E-state index contributed by atoms with van der Waals surface area (Å²) in [6.45, 7) is 4.66. The lowest BCUT2D eigenvalue weighted by atomic mass is 9.49. The Morgan fingerprint density at radius 3 is 3.22 bits per heavy atom. The molecule has 2 bridgehead atoms. The smallest absolute Gasteiger partial charge is 0.246 e. The van der Waals surface area contributed by atoms with Crippen LogP contribution in [-0.2, 0) is 11.2 Å². The molecule has 2 aromatic rings. The van der Waals surface area contributed by atoms with Gasteiger partial charge >= 0.3 is 0 Å². The SMILES string of the molecule is CC1(C)C2CC=C(C=NNC(=O)Cc3cn4ccsc4n3)C1C2. The van der Waals surface area contributed by atoms with E-state index < -0.39 is 0 Å². The summed E-state index contributed by atoms with van der Waals surface area (Å²) in [5.41, 5.74) is 5.03. The van der Waals surface area contributed by atoms with Crippen molar-refractivity contribution in [1.82, 2.24) is 14.8 Å². The first kappa shape index (κ1) is 14.6. The van der Waals surface area contributed by atoms with E-state index in [1.54, 1.807) is 11.3 Å². The summed E-state index contributed by atoms with van der Waals surface area (Å²) in [5, 5.41) is 6.12. The number of imidazole rings is 1. The van der Waals surface area contributed by atoms with E-state index in [2.05, 4.69) is 35.4 Å². The van der Waals surface area contributed by atoms with Gasteiger partial charge < -0.3 is 0 Å². The van der Waals surface area contributed by atoms with E-state index in [1.165, 1.54) is 12.0 Å². The molecule has 3 aliphatic rings. The molecule has 0 aromatic carbocycles. The van der Waals surface area contributed by atoms with Crippen LogP contribution < -0.4 is 5.43 Å². The number of hydrogen-bond acceptors (Lipinski definition) is 4. The number of nitrogens with zero attached hydrogens (tertiary/aromatic N) is 3. The molecule has 2 atom stereocenters. The molecule has 0 spiro atoms. The average Bonchev–Trinajstić information content (AvgIpc) is 3.08. The van der Waals surface area contributed by atoms with Crippen molar-refractivity contribution < 1.29 is 4.79 Å². The molecule has 2 heterocycles. The molecule has 6 heteroatoms. The topological polar surface area (TPSA) is 58.8 Å². The number of fused-ring (bicyclic) bond motifs is 2. The van der Waals surface area contributed by atoms with Crippen LogP contribution in [0.1, 0.15) is 32.4 Å². The van der Waals surface area contributed by atoms with E-state index >= 15 is 0 Å². The molecule has 5 rings (SSSR count). The Labute approximate surface area is 139 Å². The van der Waals surface area contributed by atoms with Crippen molar-refractivity contribution in [2.24, 2.45) is 22.4 Å². The fourth-order valence-electron chi connectivity index (χ4n) is 3.79. The zero-order valence-corrected chi connectivity index (χ0v) is 14.1. The number of aromatic nitrogens is 2. The number of hydrogen-bond donors (Lipinski definition) is 1. The van der Waals surface area contributed by atoms with Crippen LogP contribution in [0.4, 0.5) is 0 Å². The number of thiazole rings is 1. The second-order valence-corrected chi connectivity index (χ2v) is 7.91. The largest absolute Gasteiger partial charge is 0.297 e. The third kappa shape index (κ3) is 2.51. The summed E-state index contributed by atoms with van der Waals surface area (Å²) < 4.78 is 1.93. The minimum absolute atomic E-state index is 0.130. The highest BCUT2D eigenvalue weighted by atomic mass is 32.1. The van der Waals surface area contributed by atoms with Crippen LogP contribution >= 0.6 is 11.3 Å². The van der Waals surface area contributed by atoms with Crippen LogP contribution in [0.3, 0.4) is 0 Å². The van der Waals surface area contributed by atoms with Crippen molar-refractivity contribution in [3.05, 3.63) is 35.1 Å². The number of nitrogens with one attached hydrogen (secondary N) is 1. The quantitative estimate of drug-likeness (QED) is 0.693. The minimum Gasteiger partial charge on any atom is -0.297 e. The van der Waals surface area contributed by atoms with Crippen molar-refractivity contribution in [3.8, 4) is 0 Å². The minimum atomic E-state index is -0.130. The maximum absolute atomic E-state index is 12.0. The number of hydrazone groups is 1. The molecule has 0 radical (unpaired) electrons. The van der Waals surface area contributed by atoms with Crippen molar-refractivity contribution in [2.45, 2.75) is 33.1 Å². The van der Waals surface area contributed by atoms with Gasteiger partial charge in [-0.05, 0) is 35.7 Å². The van der Waals surface area contributed by atoms with Gasteiger partial charge in [0.25, 0.3) is 0 Å². The fourth-order valence-corrected chi connectivity index (χ4v) is 4.51. The van der Waals surface area contributed by atoms with Crippen molar-refractivity contribution in [3.63, 3.8) is 0 Å². The number of allylic oxidation sites excluding steroid dienone is 2. The number of amides is 1. The highest BCUT2D eigenvalue weighted by Gasteiger charge is 2.50. The van der Waals surface area contributed by atoms with Gasteiger partial charge in [-0.2, -0.15) is 5.10 Å². The van der Waals surface area contributed by atoms with Gasteiger partial charge in [-0.3, -0.25) is 9.20 Å². The molecule has 120 valence electrons. The number of rotatable bonds is 4. The van der Waals surface area contributed by atoms with Crippen LogP contribution in [0.2, 0.25) is 0 Å². The molecule has 23 heavy (non-hydrogen) atoms. The van der Waals surface area contributed by atoms with E-state index in [-0.39, 0.29) is 12.3 Å². The molecule has 0 aliphatic heterocycles. The van der Waals surface area contributed by atoms with E-state index in [4.69, 9.17) is 0 Å². The zero-order valence-electron chi connectivity index (χ0n) is 13.3. The zero-order chi connectivity index (χ0) is 16.0. The predicted molar refractivity (Wildman–Crippen MR) is 91.5 cm³/mol. The maximum Gasteiger partial charge on any atom is 0.246 e. The summed E-state index contributed by atoms with van der Waals surface area (Å²) in [6, 6.07) is 0. The molecule has 3 aliphatic carbocycles. The molecule has 5 nitrogen and oxygen atoms in total. The Morgan fingerprint density at radius 1 is 1.61 bits per heavy atom. The van der Waals surface area contributed by atoms with Gasteiger partial charge in [0, 0.05) is 17.8 Å². The molecule has 0 saturated heterocycles. The van der Waals surface area contributed by atoms with E-state index in [9.17, 15) is 4.79 Å². The summed E-state index contributed by atoms with van der Waals surface area (Å²) in [7, 11) is 0. The highest BCUT2D eigenvalue weighted by Crippen LogP contribution is 2.58. The molecule has 1 saturated carbocycles. The van der Waals surface area contributed by atoms with E-state index in [0.29, 0.717) is 11.3 Å². The van der Waals surface area contributed by atoms with E-state index in [1.807, 2.05) is 28.4 Å². The van der Waals surface area contributed by atoms with Crippen molar-refractivity contribution in [2.75, 3.05) is 0 Å². The van der Waals surface area contributed by atoms with Crippen LogP contribution in [0.5, 0.6) is 0 Å². The van der Waals surface area contributed by atoms with Crippen LogP contribution in [0.15, 0.2) is 34.5 Å². The maximum atomic E-state index is 12.0. The first-order chi connectivity index (χ1) is 11.0. The molecule has 2 unspecified atom stereocenters. The van der Waals surface area contributed by atoms with Crippen LogP contribution in [0.25, 0.3) is 4.96 Å². The Morgan fingerprint density at radius 2 is 2.48 bits per heavy atom. The van der Waals surface area contributed by atoms with Gasteiger partial charge in [-0.15, -0.1) is 11.3 Å². The van der Waals surface area contributed by atoms with Gasteiger partial charge in [-0.1, -0.05) is 19.9 Å². The van der Waals surface area contributed by atoms with Crippen LogP contribution in [-0.4, -0.2) is 21.5 Å². The van der Waals surface area contributed by atoms with Gasteiger partial charge in [0.15, 0.2) is 4.96 Å². The number of carbonyl (C=O) groups excluding carboxylic acids is 1. The first-order valence-corrected chi connectivity index (χ1v) is 8.85. The Kier molecular flexibility index (Phi) is 3.37. The third-order valence-electron chi connectivity index (χ3n) is 5.40. The normalized spacial score (nSPS) is 25.4. The monoisotopic (exact) mass is 328 g/mol. The van der Waals surface area contributed by atoms with Crippen molar-refractivity contribution in [1.29, 1.82) is 0 Å². The predicted octanol–water partition coefficient (Wildman–Crippen LogP) is 3.03. The lowest BCUT2D eigenvalue weighted by Crippen LogP contribution is -2.48. The summed E-state index contributed by atoms with van der Waals surface area (Å²) in [6.07, 6.45) is 10.6. The fraction of sp³-hybridized carbons (Fsp3) is 0.471. The highest BCUT2D eigenvalue weighted by molar-refractivity contribution is 7.15. The summed E-state index contributed by atoms with van der Waals surface area (Å²) >= 11 is 1.56. The molecule has 1 amide bonds. The summed E-state index contributed by atoms with van der Waals surface area (Å²) in [4.78, 5) is 17.3. The van der Waals surface area contributed by atoms with Gasteiger partial charge in [0.1, 0.15) is 0 Å². The second-order valence-electron chi connectivity index (χ2n) is 7.04. The lowest BCUT2D eigenvalue weighted by Gasteiger charge is -2.55. The third-order valence-corrected chi connectivity index (χ3v) is 6.17. The Bertz CT molecular complexity index is 785. The van der Waals surface area contributed by atoms with Gasteiger partial charge in [-0.25, -0.2) is 10.4 Å². The number of carbonyl (C=O) groups is 1. The van der Waals surface area contributed by atoms with Gasteiger partial charge in [0.05, 0.1) is 18.3 Å². The standard InChI is InChI=1S/C17H20N4OS/c1-17(2)12-4-3-11(14(17)7-12)9-18-20-15(22)8-13-10-21-5-6-23-16(21)19-13/h3,5-6,9-10,12,14H,4,7-8H2,1-2H3,(H,20,22).